The van der Waals surface area contributed by atoms with Gasteiger partial charge >= 0.3 is 0 Å². The number of nitrogens with one attached hydrogen (secondary N) is 2. The molecule has 1 heterocycles. The number of carbonyl (C=O) groups is 1. The van der Waals surface area contributed by atoms with E-state index >= 15 is 0 Å². The van der Waals surface area contributed by atoms with Crippen molar-refractivity contribution in [3.63, 3.8) is 0 Å². The van der Waals surface area contributed by atoms with Crippen LogP contribution in [0.2, 0.25) is 0 Å². The molecule has 4 N–H and O–H groups in total. The fourth-order valence-electron chi connectivity index (χ4n) is 1.82. The van der Waals surface area contributed by atoms with Crippen molar-refractivity contribution < 1.29 is 9.53 Å². The van der Waals surface area contributed by atoms with Crippen molar-refractivity contribution in [2.75, 3.05) is 18.2 Å². The second kappa shape index (κ2) is 5.01. The number of nitrogen functional groups attached to an aromatic ring is 1. The fourth-order valence-corrected chi connectivity index (χ4v) is 1.82. The summed E-state index contributed by atoms with van der Waals surface area (Å²) in [7, 11) is 1.51. The minimum absolute atomic E-state index is 0.281. The van der Waals surface area contributed by atoms with Crippen LogP contribution in [0.4, 0.5) is 11.4 Å². The average molecular weight is 260 g/mol. The van der Waals surface area contributed by atoms with Crippen LogP contribution >= 0.6 is 0 Å². The Morgan fingerprint density at radius 2 is 2.16 bits per heavy atom. The molecule has 0 spiro atoms. The van der Waals surface area contributed by atoms with Crippen molar-refractivity contribution >= 4 is 17.3 Å². The minimum atomic E-state index is -0.281. The molecule has 0 unspecified atom stereocenters. The monoisotopic (exact) mass is 260 g/mol. The summed E-state index contributed by atoms with van der Waals surface area (Å²) >= 11 is 0. The molecule has 0 atom stereocenters. The van der Waals surface area contributed by atoms with E-state index in [9.17, 15) is 4.79 Å². The number of amides is 1. The van der Waals surface area contributed by atoms with Crippen LogP contribution in [-0.4, -0.2) is 23.2 Å². The van der Waals surface area contributed by atoms with Crippen LogP contribution in [0.15, 0.2) is 18.2 Å². The molecule has 2 aromatic rings. The van der Waals surface area contributed by atoms with E-state index in [1.807, 2.05) is 13.8 Å². The zero-order chi connectivity index (χ0) is 14.0. The van der Waals surface area contributed by atoms with Gasteiger partial charge in [-0.2, -0.15) is 5.10 Å². The zero-order valence-electron chi connectivity index (χ0n) is 11.1. The highest BCUT2D eigenvalue weighted by Crippen LogP contribution is 2.24. The van der Waals surface area contributed by atoms with E-state index < -0.39 is 0 Å². The topological polar surface area (TPSA) is 93.0 Å². The zero-order valence-corrected chi connectivity index (χ0v) is 11.1. The second-order valence-corrected chi connectivity index (χ2v) is 4.22. The third-order valence-electron chi connectivity index (χ3n) is 2.83. The van der Waals surface area contributed by atoms with Gasteiger partial charge in [-0.3, -0.25) is 9.89 Å². The van der Waals surface area contributed by atoms with E-state index in [0.29, 0.717) is 22.7 Å². The van der Waals surface area contributed by atoms with Gasteiger partial charge in [0, 0.05) is 5.69 Å². The molecule has 19 heavy (non-hydrogen) atoms. The lowest BCUT2D eigenvalue weighted by Gasteiger charge is -2.10. The van der Waals surface area contributed by atoms with Crippen molar-refractivity contribution in [3.8, 4) is 5.75 Å². The first-order chi connectivity index (χ1) is 9.02. The van der Waals surface area contributed by atoms with Crippen LogP contribution in [0.3, 0.4) is 0 Å². The Morgan fingerprint density at radius 3 is 2.74 bits per heavy atom. The molecule has 0 saturated carbocycles. The second-order valence-electron chi connectivity index (χ2n) is 4.22. The Labute approximate surface area is 111 Å². The van der Waals surface area contributed by atoms with Gasteiger partial charge in [0.1, 0.15) is 5.75 Å². The molecule has 100 valence electrons. The molecule has 0 radical (unpaired) electrons. The molecule has 1 aromatic heterocycles. The number of ether oxygens (including phenoxy) is 1. The third kappa shape index (κ3) is 2.52. The number of carbonyl (C=O) groups excluding carboxylic acids is 1. The summed E-state index contributed by atoms with van der Waals surface area (Å²) in [6.45, 7) is 3.65. The molecule has 0 aliphatic rings. The number of aromatic nitrogens is 2. The highest BCUT2D eigenvalue weighted by molar-refractivity contribution is 6.07. The lowest BCUT2D eigenvalue weighted by atomic mass is 10.1. The first kappa shape index (κ1) is 12.9. The van der Waals surface area contributed by atoms with Crippen LogP contribution < -0.4 is 15.8 Å². The summed E-state index contributed by atoms with van der Waals surface area (Å²) in [5.41, 5.74) is 8.80. The Balaban J connectivity index is 2.32. The number of anilines is 2. The molecule has 0 aliphatic carbocycles. The highest BCUT2D eigenvalue weighted by Gasteiger charge is 2.16. The van der Waals surface area contributed by atoms with Crippen LogP contribution in [0.5, 0.6) is 5.75 Å². The van der Waals surface area contributed by atoms with Gasteiger partial charge < -0.3 is 15.8 Å². The van der Waals surface area contributed by atoms with Crippen molar-refractivity contribution in [1.29, 1.82) is 0 Å². The Morgan fingerprint density at radius 1 is 1.42 bits per heavy atom. The van der Waals surface area contributed by atoms with E-state index in [2.05, 4.69) is 15.5 Å². The standard InChI is InChI=1S/C13H16N4O2/c1-7-12(8(2)17-16-7)15-13(18)10-6-9(14)4-5-11(10)19-3/h4-6H,14H2,1-3H3,(H,15,18)(H,16,17). The van der Waals surface area contributed by atoms with Gasteiger partial charge in [-0.05, 0) is 32.0 Å². The number of nitrogens with zero attached hydrogens (tertiary/aromatic N) is 1. The number of H-pyrrole nitrogens is 1. The van der Waals surface area contributed by atoms with Gasteiger partial charge in [0.05, 0.1) is 29.7 Å². The molecule has 6 nitrogen and oxygen atoms in total. The summed E-state index contributed by atoms with van der Waals surface area (Å²) < 4.78 is 5.16. The smallest absolute Gasteiger partial charge is 0.259 e. The van der Waals surface area contributed by atoms with Crippen molar-refractivity contribution in [3.05, 3.63) is 35.2 Å². The summed E-state index contributed by atoms with van der Waals surface area (Å²) in [5.74, 6) is 0.197. The quantitative estimate of drug-likeness (QED) is 0.734. The molecular formula is C13H16N4O2. The molecule has 6 heteroatoms. The number of hydrogen-bond acceptors (Lipinski definition) is 4. The molecule has 0 bridgehead atoms. The number of methoxy groups -OCH3 is 1. The number of rotatable bonds is 3. The molecule has 1 aromatic carbocycles. The lowest BCUT2D eigenvalue weighted by Crippen LogP contribution is -2.14. The van der Waals surface area contributed by atoms with Gasteiger partial charge in [-0.1, -0.05) is 0 Å². The number of aryl methyl sites for hydroxylation is 2. The third-order valence-corrected chi connectivity index (χ3v) is 2.83. The van der Waals surface area contributed by atoms with Gasteiger partial charge in [0.15, 0.2) is 0 Å². The largest absolute Gasteiger partial charge is 0.496 e. The summed E-state index contributed by atoms with van der Waals surface area (Å²) in [5, 5.41) is 9.65. The van der Waals surface area contributed by atoms with E-state index in [1.54, 1.807) is 18.2 Å². The minimum Gasteiger partial charge on any atom is -0.496 e. The van der Waals surface area contributed by atoms with Crippen LogP contribution in [-0.2, 0) is 0 Å². The maximum Gasteiger partial charge on any atom is 0.259 e. The first-order valence-corrected chi connectivity index (χ1v) is 5.79. The molecule has 0 fully saturated rings. The van der Waals surface area contributed by atoms with E-state index in [4.69, 9.17) is 10.5 Å². The maximum absolute atomic E-state index is 12.3. The SMILES string of the molecule is COc1ccc(N)cc1C(=O)Nc1c(C)n[nH]c1C. The van der Waals surface area contributed by atoms with E-state index in [0.717, 1.165) is 11.4 Å². The lowest BCUT2D eigenvalue weighted by molar-refractivity contribution is 0.102. The Kier molecular flexibility index (Phi) is 3.41. The maximum atomic E-state index is 12.3. The predicted molar refractivity (Wildman–Crippen MR) is 73.4 cm³/mol. The van der Waals surface area contributed by atoms with Crippen molar-refractivity contribution in [2.45, 2.75) is 13.8 Å². The van der Waals surface area contributed by atoms with Crippen LogP contribution in [0.25, 0.3) is 0 Å². The van der Waals surface area contributed by atoms with Crippen molar-refractivity contribution in [1.82, 2.24) is 10.2 Å². The number of nitrogens with two attached hydrogens (primary N) is 1. The van der Waals surface area contributed by atoms with Crippen molar-refractivity contribution in [2.24, 2.45) is 0 Å². The summed E-state index contributed by atoms with van der Waals surface area (Å²) in [4.78, 5) is 12.3. The number of hydrogen-bond donors (Lipinski definition) is 3. The highest BCUT2D eigenvalue weighted by atomic mass is 16.5. The Bertz CT molecular complexity index is 600. The molecule has 2 rings (SSSR count). The molecule has 1 amide bonds. The number of benzene rings is 1. The first-order valence-electron chi connectivity index (χ1n) is 5.79. The normalized spacial score (nSPS) is 10.3. The van der Waals surface area contributed by atoms with E-state index in [-0.39, 0.29) is 5.91 Å². The van der Waals surface area contributed by atoms with Gasteiger partial charge in [0.25, 0.3) is 5.91 Å². The fraction of sp³-hybridized carbons (Fsp3) is 0.231. The van der Waals surface area contributed by atoms with Crippen LogP contribution in [0, 0.1) is 13.8 Å². The van der Waals surface area contributed by atoms with Crippen LogP contribution in [0.1, 0.15) is 21.7 Å². The summed E-state index contributed by atoms with van der Waals surface area (Å²) in [6.07, 6.45) is 0. The predicted octanol–water partition coefficient (Wildman–Crippen LogP) is 1.87. The van der Waals surface area contributed by atoms with E-state index in [1.165, 1.54) is 7.11 Å². The Hall–Kier alpha value is -2.50. The molecular weight excluding hydrogens is 244 g/mol. The molecule has 0 aliphatic heterocycles. The van der Waals surface area contributed by atoms with Gasteiger partial charge in [0.2, 0.25) is 0 Å². The van der Waals surface area contributed by atoms with Gasteiger partial charge in [-0.25, -0.2) is 0 Å². The van der Waals surface area contributed by atoms with Gasteiger partial charge in [-0.15, -0.1) is 0 Å². The average Bonchev–Trinajstić information content (AvgIpc) is 2.70. The summed E-state index contributed by atoms with van der Waals surface area (Å²) in [6, 6.07) is 4.93. The molecule has 0 saturated heterocycles. The number of aromatic amines is 1.